The third-order valence-corrected chi connectivity index (χ3v) is 2.78. The van der Waals surface area contributed by atoms with E-state index < -0.39 is 23.7 Å². The molecule has 1 atom stereocenters. The van der Waals surface area contributed by atoms with E-state index in [0.29, 0.717) is 5.52 Å². The van der Waals surface area contributed by atoms with E-state index in [1.54, 1.807) is 0 Å². The summed E-state index contributed by atoms with van der Waals surface area (Å²) in [5, 5.41) is 8.94. The van der Waals surface area contributed by atoms with Crippen LogP contribution < -0.4 is 5.76 Å². The van der Waals surface area contributed by atoms with Crippen LogP contribution in [0, 0.1) is 0 Å². The first kappa shape index (κ1) is 12.9. The van der Waals surface area contributed by atoms with Gasteiger partial charge in [0.2, 0.25) is 0 Å². The first-order chi connectivity index (χ1) is 8.95. The Balaban J connectivity index is 2.64. The number of aliphatic carboxylic acids is 1. The zero-order valence-corrected chi connectivity index (χ0v) is 10.2. The molecule has 0 bridgehead atoms. The van der Waals surface area contributed by atoms with Gasteiger partial charge in [-0.15, -0.1) is 0 Å². The summed E-state index contributed by atoms with van der Waals surface area (Å²) in [7, 11) is 1.24. The van der Waals surface area contributed by atoms with E-state index in [4.69, 9.17) is 9.52 Å². The molecule has 0 radical (unpaired) electrons. The van der Waals surface area contributed by atoms with Crippen molar-refractivity contribution in [3.8, 4) is 0 Å². The number of methoxy groups -OCH3 is 1. The number of hydrogen-bond donors (Lipinski definition) is 1. The first-order valence-electron chi connectivity index (χ1n) is 5.42. The highest BCUT2D eigenvalue weighted by Gasteiger charge is 2.21. The van der Waals surface area contributed by atoms with Gasteiger partial charge in [-0.1, -0.05) is 0 Å². The van der Waals surface area contributed by atoms with Crippen molar-refractivity contribution in [2.24, 2.45) is 0 Å². The monoisotopic (exact) mass is 265 g/mol. The third kappa shape index (κ3) is 2.10. The van der Waals surface area contributed by atoms with E-state index in [1.165, 1.54) is 32.2 Å². The number of nitrogens with zero attached hydrogens (tertiary/aromatic N) is 1. The minimum Gasteiger partial charge on any atom is -0.480 e. The summed E-state index contributed by atoms with van der Waals surface area (Å²) in [5.41, 5.74) is 0.674. The Morgan fingerprint density at radius 2 is 2.11 bits per heavy atom. The van der Waals surface area contributed by atoms with Gasteiger partial charge in [0.1, 0.15) is 6.04 Å². The summed E-state index contributed by atoms with van der Waals surface area (Å²) in [5.74, 6) is -2.50. The molecule has 0 saturated carbocycles. The Morgan fingerprint density at radius 3 is 2.68 bits per heavy atom. The van der Waals surface area contributed by atoms with Gasteiger partial charge in [0.05, 0.1) is 18.2 Å². The lowest BCUT2D eigenvalue weighted by atomic mass is 10.2. The number of ether oxygens (including phenoxy) is 1. The maximum atomic E-state index is 11.7. The molecule has 0 saturated heterocycles. The number of carbonyl (C=O) groups is 2. The average molecular weight is 265 g/mol. The number of fused-ring (bicyclic) bond motifs is 1. The summed E-state index contributed by atoms with van der Waals surface area (Å²) in [6.07, 6.45) is 0. The highest BCUT2D eigenvalue weighted by atomic mass is 16.5. The predicted molar refractivity (Wildman–Crippen MR) is 64.2 cm³/mol. The Morgan fingerprint density at radius 1 is 1.42 bits per heavy atom. The van der Waals surface area contributed by atoms with Gasteiger partial charge in [-0.3, -0.25) is 4.57 Å². The highest BCUT2D eigenvalue weighted by Crippen LogP contribution is 2.19. The van der Waals surface area contributed by atoms with Crippen molar-refractivity contribution in [2.75, 3.05) is 7.11 Å². The first-order valence-corrected chi connectivity index (χ1v) is 5.42. The third-order valence-electron chi connectivity index (χ3n) is 2.78. The molecule has 0 fully saturated rings. The van der Waals surface area contributed by atoms with Crippen molar-refractivity contribution in [3.05, 3.63) is 34.3 Å². The Bertz CT molecular complexity index is 711. The smallest absolute Gasteiger partial charge is 0.420 e. The fourth-order valence-electron chi connectivity index (χ4n) is 1.76. The summed E-state index contributed by atoms with van der Waals surface area (Å²) in [6.45, 7) is 1.37. The van der Waals surface area contributed by atoms with Crippen molar-refractivity contribution in [2.45, 2.75) is 13.0 Å². The molecule has 0 aliphatic heterocycles. The van der Waals surface area contributed by atoms with E-state index >= 15 is 0 Å². The van der Waals surface area contributed by atoms with E-state index in [-0.39, 0.29) is 11.1 Å². The second kappa shape index (κ2) is 4.60. The number of aromatic nitrogens is 1. The lowest BCUT2D eigenvalue weighted by Crippen LogP contribution is -2.24. The van der Waals surface area contributed by atoms with Gasteiger partial charge in [0.25, 0.3) is 0 Å². The molecule has 7 nitrogen and oxygen atoms in total. The van der Waals surface area contributed by atoms with Gasteiger partial charge < -0.3 is 14.3 Å². The fraction of sp³-hybridized carbons (Fsp3) is 0.250. The summed E-state index contributed by atoms with van der Waals surface area (Å²) in [6, 6.07) is 3.17. The van der Waals surface area contributed by atoms with Crippen LogP contribution in [0.2, 0.25) is 0 Å². The Labute approximate surface area is 107 Å². The normalized spacial score (nSPS) is 12.3. The van der Waals surface area contributed by atoms with Gasteiger partial charge in [-0.05, 0) is 25.1 Å². The van der Waals surface area contributed by atoms with Crippen LogP contribution in [0.4, 0.5) is 0 Å². The second-order valence-corrected chi connectivity index (χ2v) is 3.93. The minimum atomic E-state index is -1.15. The number of benzene rings is 1. The van der Waals surface area contributed by atoms with Gasteiger partial charge in [0.15, 0.2) is 5.58 Å². The number of rotatable bonds is 3. The van der Waals surface area contributed by atoms with Gasteiger partial charge in [-0.2, -0.15) is 0 Å². The molecule has 7 heteroatoms. The maximum Gasteiger partial charge on any atom is 0.420 e. The Kier molecular flexibility index (Phi) is 3.12. The molecule has 19 heavy (non-hydrogen) atoms. The second-order valence-electron chi connectivity index (χ2n) is 3.93. The molecule has 2 aromatic rings. The van der Waals surface area contributed by atoms with Crippen LogP contribution in [0.25, 0.3) is 11.1 Å². The predicted octanol–water partition coefficient (Wildman–Crippen LogP) is 1.03. The largest absolute Gasteiger partial charge is 0.480 e. The molecule has 1 aromatic heterocycles. The standard InChI is InChI=1S/C12H11NO6/c1-6(10(14)15)13-8-4-3-7(11(16)18-2)5-9(8)19-12(13)17/h3-6H,1-2H3,(H,14,15). The molecular weight excluding hydrogens is 254 g/mol. The number of oxazole rings is 1. The van der Waals surface area contributed by atoms with Gasteiger partial charge in [0, 0.05) is 0 Å². The maximum absolute atomic E-state index is 11.7. The van der Waals surface area contributed by atoms with Crippen LogP contribution in [-0.4, -0.2) is 28.7 Å². The van der Waals surface area contributed by atoms with E-state index in [9.17, 15) is 14.4 Å². The summed E-state index contributed by atoms with van der Waals surface area (Å²) < 4.78 is 10.5. The highest BCUT2D eigenvalue weighted by molar-refractivity contribution is 5.93. The van der Waals surface area contributed by atoms with Gasteiger partial charge >= 0.3 is 17.7 Å². The summed E-state index contributed by atoms with van der Waals surface area (Å²) in [4.78, 5) is 33.9. The molecule has 2 rings (SSSR count). The molecule has 100 valence electrons. The van der Waals surface area contributed by atoms with Crippen LogP contribution in [0.15, 0.2) is 27.4 Å². The molecule has 0 amide bonds. The molecule has 0 aliphatic rings. The van der Waals surface area contributed by atoms with Crippen LogP contribution in [0.3, 0.4) is 0 Å². The average Bonchev–Trinajstić information content (AvgIpc) is 2.71. The number of esters is 1. The van der Waals surface area contributed by atoms with Crippen molar-refractivity contribution >= 4 is 23.0 Å². The number of carboxylic acid groups (broad SMARTS) is 1. The van der Waals surface area contributed by atoms with Crippen molar-refractivity contribution in [1.82, 2.24) is 4.57 Å². The zero-order chi connectivity index (χ0) is 14.2. The van der Waals surface area contributed by atoms with Crippen LogP contribution in [-0.2, 0) is 9.53 Å². The Hall–Kier alpha value is -2.57. The SMILES string of the molecule is COC(=O)c1ccc2c(c1)oc(=O)n2C(C)C(=O)O. The molecule has 1 N–H and O–H groups in total. The molecule has 1 heterocycles. The molecule has 1 aromatic carbocycles. The van der Waals surface area contributed by atoms with Crippen LogP contribution in [0.5, 0.6) is 0 Å². The van der Waals surface area contributed by atoms with E-state index in [2.05, 4.69) is 4.74 Å². The molecular formula is C12H11NO6. The lowest BCUT2D eigenvalue weighted by Gasteiger charge is -2.06. The van der Waals surface area contributed by atoms with Crippen molar-refractivity contribution < 1.29 is 23.8 Å². The fourth-order valence-corrected chi connectivity index (χ4v) is 1.76. The van der Waals surface area contributed by atoms with Crippen molar-refractivity contribution in [3.63, 3.8) is 0 Å². The number of carboxylic acids is 1. The molecule has 0 spiro atoms. The van der Waals surface area contributed by atoms with Crippen molar-refractivity contribution in [1.29, 1.82) is 0 Å². The lowest BCUT2D eigenvalue weighted by molar-refractivity contribution is -0.140. The zero-order valence-electron chi connectivity index (χ0n) is 10.2. The minimum absolute atomic E-state index is 0.140. The van der Waals surface area contributed by atoms with E-state index in [0.717, 1.165) is 4.57 Å². The molecule has 0 aliphatic carbocycles. The molecule has 1 unspecified atom stereocenters. The number of carbonyl (C=O) groups excluding carboxylic acids is 1. The van der Waals surface area contributed by atoms with E-state index in [1.807, 2.05) is 0 Å². The topological polar surface area (TPSA) is 98.7 Å². The summed E-state index contributed by atoms with van der Waals surface area (Å²) >= 11 is 0. The number of hydrogen-bond acceptors (Lipinski definition) is 5. The van der Waals surface area contributed by atoms with Crippen LogP contribution >= 0.6 is 0 Å². The van der Waals surface area contributed by atoms with Gasteiger partial charge in [-0.25, -0.2) is 14.4 Å². The quantitative estimate of drug-likeness (QED) is 0.832. The van der Waals surface area contributed by atoms with Crippen LogP contribution in [0.1, 0.15) is 23.3 Å².